The van der Waals surface area contributed by atoms with E-state index < -0.39 is 0 Å². The van der Waals surface area contributed by atoms with Gasteiger partial charge in [-0.1, -0.05) is 42.0 Å². The normalized spacial score (nSPS) is 11.5. The Balaban J connectivity index is 1.68. The van der Waals surface area contributed by atoms with Crippen LogP contribution in [0.3, 0.4) is 0 Å². The molecule has 0 spiro atoms. The zero-order valence-corrected chi connectivity index (χ0v) is 15.4. The zero-order chi connectivity index (χ0) is 18.1. The Labute approximate surface area is 154 Å². The summed E-state index contributed by atoms with van der Waals surface area (Å²) < 4.78 is 2.29. The van der Waals surface area contributed by atoms with E-state index >= 15 is 0 Å². The number of fused-ring (bicyclic) bond motifs is 1. The minimum Gasteiger partial charge on any atom is -0.318 e. The molecule has 2 nitrogen and oxygen atoms in total. The summed E-state index contributed by atoms with van der Waals surface area (Å²) in [4.78, 5) is 4.75. The van der Waals surface area contributed by atoms with Crippen molar-refractivity contribution in [3.8, 4) is 5.69 Å². The van der Waals surface area contributed by atoms with Crippen LogP contribution in [0.4, 0.5) is 0 Å². The molecule has 26 heavy (non-hydrogen) atoms. The van der Waals surface area contributed by atoms with Crippen molar-refractivity contribution < 1.29 is 0 Å². The van der Waals surface area contributed by atoms with Crippen LogP contribution in [0, 0.1) is 20.8 Å². The number of rotatable bonds is 3. The van der Waals surface area contributed by atoms with Gasteiger partial charge in [0.05, 0.1) is 11.2 Å². The predicted molar refractivity (Wildman–Crippen MR) is 111 cm³/mol. The molecule has 0 radical (unpaired) electrons. The molecule has 2 aromatic heterocycles. The van der Waals surface area contributed by atoms with E-state index in [4.69, 9.17) is 4.98 Å². The first kappa shape index (κ1) is 16.3. The number of nitrogens with zero attached hydrogens (tertiary/aromatic N) is 2. The second-order valence-electron chi connectivity index (χ2n) is 6.76. The van der Waals surface area contributed by atoms with Crippen molar-refractivity contribution >= 4 is 23.1 Å². The molecule has 0 unspecified atom stereocenters. The van der Waals surface area contributed by atoms with Gasteiger partial charge in [0, 0.05) is 22.5 Å². The van der Waals surface area contributed by atoms with Gasteiger partial charge in [0.2, 0.25) is 0 Å². The predicted octanol–water partition coefficient (Wildman–Crippen LogP) is 6.12. The Morgan fingerprint density at radius 2 is 1.62 bits per heavy atom. The highest BCUT2D eigenvalue weighted by Crippen LogP contribution is 2.23. The number of pyridine rings is 1. The first-order chi connectivity index (χ1) is 12.6. The molecule has 0 aliphatic carbocycles. The fourth-order valence-corrected chi connectivity index (χ4v) is 3.46. The van der Waals surface area contributed by atoms with Crippen LogP contribution in [-0.4, -0.2) is 9.55 Å². The second-order valence-corrected chi connectivity index (χ2v) is 6.76. The van der Waals surface area contributed by atoms with Crippen LogP contribution >= 0.6 is 0 Å². The largest absolute Gasteiger partial charge is 0.318 e. The maximum atomic E-state index is 4.75. The molecule has 2 heteroatoms. The lowest BCUT2D eigenvalue weighted by Crippen LogP contribution is -1.98. The van der Waals surface area contributed by atoms with Crippen molar-refractivity contribution in [2.24, 2.45) is 0 Å². The van der Waals surface area contributed by atoms with E-state index in [0.717, 1.165) is 11.2 Å². The highest BCUT2D eigenvalue weighted by atomic mass is 15.0. The van der Waals surface area contributed by atoms with Gasteiger partial charge in [-0.2, -0.15) is 0 Å². The highest BCUT2D eigenvalue weighted by molar-refractivity contribution is 5.81. The molecule has 4 rings (SSSR count). The minimum absolute atomic E-state index is 0.978. The van der Waals surface area contributed by atoms with Gasteiger partial charge in [-0.05, 0) is 68.8 Å². The van der Waals surface area contributed by atoms with Crippen LogP contribution in [0.1, 0.15) is 28.2 Å². The van der Waals surface area contributed by atoms with E-state index in [1.807, 2.05) is 6.07 Å². The summed E-state index contributed by atoms with van der Waals surface area (Å²) in [5.41, 5.74) is 8.16. The average Bonchev–Trinajstić information content (AvgIpc) is 2.94. The zero-order valence-electron chi connectivity index (χ0n) is 15.4. The van der Waals surface area contributed by atoms with Crippen LogP contribution in [0.15, 0.2) is 66.7 Å². The monoisotopic (exact) mass is 338 g/mol. The standard InChI is InChI=1S/C24H22N2/c1-17-9-14-24-21(15-17)11-13-22(25-24)12-10-20-16-18(2)26(19(20)3)23-7-5-4-6-8-23/h4-16H,1-3H3/b12-10+. The molecule has 2 heterocycles. The fourth-order valence-electron chi connectivity index (χ4n) is 3.46. The molecule has 0 fully saturated rings. The third-order valence-corrected chi connectivity index (χ3v) is 4.78. The first-order valence-electron chi connectivity index (χ1n) is 8.92. The molecular weight excluding hydrogens is 316 g/mol. The molecular formula is C24H22N2. The van der Waals surface area contributed by atoms with Crippen molar-refractivity contribution in [3.05, 3.63) is 94.9 Å². The van der Waals surface area contributed by atoms with Crippen LogP contribution in [0.25, 0.3) is 28.7 Å². The number of aromatic nitrogens is 2. The molecule has 0 bridgehead atoms. The molecule has 0 aliphatic heterocycles. The van der Waals surface area contributed by atoms with Crippen LogP contribution < -0.4 is 0 Å². The lowest BCUT2D eigenvalue weighted by atomic mass is 10.1. The third-order valence-electron chi connectivity index (χ3n) is 4.78. The maximum Gasteiger partial charge on any atom is 0.0709 e. The topological polar surface area (TPSA) is 17.8 Å². The van der Waals surface area contributed by atoms with Gasteiger partial charge in [-0.3, -0.25) is 0 Å². The summed E-state index contributed by atoms with van der Waals surface area (Å²) in [5, 5.41) is 1.18. The molecule has 0 saturated heterocycles. The van der Waals surface area contributed by atoms with Crippen molar-refractivity contribution in [1.29, 1.82) is 0 Å². The molecule has 2 aromatic carbocycles. The Hall–Kier alpha value is -3.13. The van der Waals surface area contributed by atoms with Crippen molar-refractivity contribution in [1.82, 2.24) is 9.55 Å². The van der Waals surface area contributed by atoms with Crippen molar-refractivity contribution in [3.63, 3.8) is 0 Å². The van der Waals surface area contributed by atoms with Gasteiger partial charge in [0.25, 0.3) is 0 Å². The smallest absolute Gasteiger partial charge is 0.0709 e. The third kappa shape index (κ3) is 3.06. The van der Waals surface area contributed by atoms with E-state index in [1.165, 1.54) is 33.6 Å². The lowest BCUT2D eigenvalue weighted by molar-refractivity contribution is 0.965. The molecule has 0 amide bonds. The number of aryl methyl sites for hydroxylation is 2. The molecule has 128 valence electrons. The average molecular weight is 338 g/mol. The first-order valence-corrected chi connectivity index (χ1v) is 8.92. The molecule has 0 saturated carbocycles. The fraction of sp³-hybridized carbons (Fsp3) is 0.125. The van der Waals surface area contributed by atoms with Crippen molar-refractivity contribution in [2.45, 2.75) is 20.8 Å². The summed E-state index contributed by atoms with van der Waals surface area (Å²) in [6, 6.07) is 23.3. The van der Waals surface area contributed by atoms with E-state index in [9.17, 15) is 0 Å². The van der Waals surface area contributed by atoms with Gasteiger partial charge >= 0.3 is 0 Å². The minimum atomic E-state index is 0.978. The van der Waals surface area contributed by atoms with Crippen LogP contribution in [0.2, 0.25) is 0 Å². The SMILES string of the molecule is Cc1ccc2nc(/C=C/c3cc(C)n(-c4ccccc4)c3C)ccc2c1. The number of para-hydroxylation sites is 1. The molecule has 0 N–H and O–H groups in total. The summed E-state index contributed by atoms with van der Waals surface area (Å²) in [6.07, 6.45) is 4.25. The van der Waals surface area contributed by atoms with Crippen LogP contribution in [0.5, 0.6) is 0 Å². The van der Waals surface area contributed by atoms with Gasteiger partial charge < -0.3 is 4.57 Å². The Kier molecular flexibility index (Phi) is 4.18. The Morgan fingerprint density at radius 1 is 0.808 bits per heavy atom. The maximum absolute atomic E-state index is 4.75. The van der Waals surface area contributed by atoms with Gasteiger partial charge in [-0.15, -0.1) is 0 Å². The number of hydrogen-bond acceptors (Lipinski definition) is 1. The van der Waals surface area contributed by atoms with Crippen LogP contribution in [-0.2, 0) is 0 Å². The molecule has 4 aromatic rings. The van der Waals surface area contributed by atoms with Gasteiger partial charge in [0.15, 0.2) is 0 Å². The van der Waals surface area contributed by atoms with Gasteiger partial charge in [-0.25, -0.2) is 4.98 Å². The van der Waals surface area contributed by atoms with E-state index in [1.54, 1.807) is 0 Å². The van der Waals surface area contributed by atoms with E-state index in [-0.39, 0.29) is 0 Å². The summed E-state index contributed by atoms with van der Waals surface area (Å²) in [5.74, 6) is 0. The van der Waals surface area contributed by atoms with Gasteiger partial charge in [0.1, 0.15) is 0 Å². The summed E-state index contributed by atoms with van der Waals surface area (Å²) in [6.45, 7) is 6.42. The molecule has 0 aliphatic rings. The Bertz CT molecular complexity index is 1100. The number of hydrogen-bond donors (Lipinski definition) is 0. The molecule has 0 atom stereocenters. The highest BCUT2D eigenvalue weighted by Gasteiger charge is 2.08. The second kappa shape index (κ2) is 6.64. The summed E-state index contributed by atoms with van der Waals surface area (Å²) in [7, 11) is 0. The lowest BCUT2D eigenvalue weighted by Gasteiger charge is -2.09. The Morgan fingerprint density at radius 3 is 2.42 bits per heavy atom. The number of benzene rings is 2. The van der Waals surface area contributed by atoms with E-state index in [0.29, 0.717) is 0 Å². The van der Waals surface area contributed by atoms with Crippen molar-refractivity contribution in [2.75, 3.05) is 0 Å². The van der Waals surface area contributed by atoms with E-state index in [2.05, 4.69) is 98.2 Å². The summed E-state index contributed by atoms with van der Waals surface area (Å²) >= 11 is 0. The quantitative estimate of drug-likeness (QED) is 0.440.